The minimum absolute atomic E-state index is 0.184. The van der Waals surface area contributed by atoms with Crippen molar-refractivity contribution in [3.05, 3.63) is 18.0 Å². The van der Waals surface area contributed by atoms with Crippen LogP contribution in [0.2, 0.25) is 0 Å². The maximum atomic E-state index is 13.0. The molecule has 4 amide bonds. The van der Waals surface area contributed by atoms with Gasteiger partial charge in [0.05, 0.1) is 5.56 Å². The van der Waals surface area contributed by atoms with Crippen molar-refractivity contribution in [2.24, 2.45) is 5.92 Å². The van der Waals surface area contributed by atoms with Gasteiger partial charge < -0.3 is 36.4 Å². The number of aromatic hydroxyl groups is 1. The summed E-state index contributed by atoms with van der Waals surface area (Å²) in [4.78, 5) is 70.1. The number of carbonyl (C=O) groups excluding carboxylic acids is 4. The van der Waals surface area contributed by atoms with Gasteiger partial charge in [-0.3, -0.25) is 24.0 Å². The lowest BCUT2D eigenvalue weighted by Crippen LogP contribution is -2.55. The number of hydrogen-bond acceptors (Lipinski definition) is 9. The number of carboxylic acids is 1. The van der Waals surface area contributed by atoms with Gasteiger partial charge in [0, 0.05) is 25.4 Å². The first-order valence-electron chi connectivity index (χ1n) is 13.4. The summed E-state index contributed by atoms with van der Waals surface area (Å²) in [6, 6.07) is -2.20. The summed E-state index contributed by atoms with van der Waals surface area (Å²) in [5.74, 6) is -3.20. The zero-order valence-electron chi connectivity index (χ0n) is 23.7. The number of aromatic nitrogens is 2. The van der Waals surface area contributed by atoms with E-state index in [4.69, 9.17) is 10.2 Å². The van der Waals surface area contributed by atoms with Gasteiger partial charge >= 0.3 is 12.0 Å². The smallest absolute Gasteiger partial charge is 0.322 e. The Bertz CT molecular complexity index is 971. The van der Waals surface area contributed by atoms with Gasteiger partial charge in [0.2, 0.25) is 17.7 Å². The fraction of sp³-hybridized carbons (Fsp3) is 0.654. The summed E-state index contributed by atoms with van der Waals surface area (Å²) in [7, 11) is 3.87. The molecule has 2 atom stereocenters. The van der Waals surface area contributed by atoms with Crippen molar-refractivity contribution in [3.63, 3.8) is 0 Å². The highest BCUT2D eigenvalue weighted by Gasteiger charge is 2.28. The van der Waals surface area contributed by atoms with Crippen molar-refractivity contribution in [1.82, 2.24) is 36.1 Å². The first-order chi connectivity index (χ1) is 18.9. The molecule has 0 fully saturated rings. The van der Waals surface area contributed by atoms with Gasteiger partial charge in [-0.2, -0.15) is 0 Å². The molecule has 1 aromatic heterocycles. The number of rotatable bonds is 19. The van der Waals surface area contributed by atoms with Crippen molar-refractivity contribution >= 4 is 29.6 Å². The molecule has 0 aliphatic rings. The second-order valence-electron chi connectivity index (χ2n) is 10.1. The molecule has 0 aliphatic heterocycles. The number of nitrogens with zero attached hydrogens (tertiary/aromatic N) is 3. The Morgan fingerprint density at radius 3 is 2.17 bits per heavy atom. The zero-order valence-corrected chi connectivity index (χ0v) is 23.7. The lowest BCUT2D eigenvalue weighted by Gasteiger charge is -2.25. The molecule has 1 heterocycles. The lowest BCUT2D eigenvalue weighted by atomic mass is 10.0. The molecular weight excluding hydrogens is 522 g/mol. The van der Waals surface area contributed by atoms with Crippen LogP contribution in [0.15, 0.2) is 12.4 Å². The predicted molar refractivity (Wildman–Crippen MR) is 146 cm³/mol. The first kappa shape index (κ1) is 34.2. The van der Waals surface area contributed by atoms with Crippen molar-refractivity contribution in [3.8, 4) is 6.01 Å². The Labute approximate surface area is 234 Å². The van der Waals surface area contributed by atoms with E-state index in [1.54, 1.807) is 13.8 Å². The molecule has 6 N–H and O–H groups in total. The van der Waals surface area contributed by atoms with Crippen molar-refractivity contribution in [1.29, 1.82) is 0 Å². The normalized spacial score (nSPS) is 12.4. The van der Waals surface area contributed by atoms with E-state index in [1.807, 2.05) is 19.0 Å². The Balaban J connectivity index is 2.52. The number of unbranched alkanes of at least 4 members (excludes halogenated alkanes) is 3. The maximum Gasteiger partial charge on any atom is 0.322 e. The quantitative estimate of drug-likeness (QED) is 0.124. The molecule has 0 bridgehead atoms. The third kappa shape index (κ3) is 14.4. The van der Waals surface area contributed by atoms with Crippen molar-refractivity contribution in [2.75, 3.05) is 33.7 Å². The number of nitrogens with one attached hydrogen (secondary N) is 4. The van der Waals surface area contributed by atoms with Crippen LogP contribution in [-0.2, 0) is 19.2 Å². The molecule has 0 radical (unpaired) electrons. The van der Waals surface area contributed by atoms with E-state index in [2.05, 4.69) is 31.2 Å². The number of amides is 4. The molecule has 0 spiro atoms. The highest BCUT2D eigenvalue weighted by molar-refractivity contribution is 5.94. The Morgan fingerprint density at radius 2 is 1.57 bits per heavy atom. The lowest BCUT2D eigenvalue weighted by molar-refractivity contribution is -0.138. The Kier molecular flexibility index (Phi) is 15.8. The van der Waals surface area contributed by atoms with E-state index in [9.17, 15) is 24.0 Å². The highest BCUT2D eigenvalue weighted by Crippen LogP contribution is 2.08. The van der Waals surface area contributed by atoms with Gasteiger partial charge in [0.15, 0.2) is 0 Å². The van der Waals surface area contributed by atoms with Gasteiger partial charge in [-0.1, -0.05) is 20.3 Å². The van der Waals surface area contributed by atoms with Crippen LogP contribution < -0.4 is 21.3 Å². The van der Waals surface area contributed by atoms with E-state index in [0.717, 1.165) is 13.0 Å². The summed E-state index contributed by atoms with van der Waals surface area (Å²) >= 11 is 0. The van der Waals surface area contributed by atoms with Gasteiger partial charge in [-0.25, -0.2) is 9.97 Å². The third-order valence-corrected chi connectivity index (χ3v) is 5.93. The molecule has 0 aliphatic carbocycles. The second kappa shape index (κ2) is 18.5. The van der Waals surface area contributed by atoms with E-state index >= 15 is 0 Å². The van der Waals surface area contributed by atoms with E-state index in [0.29, 0.717) is 38.6 Å². The van der Waals surface area contributed by atoms with Crippen molar-refractivity contribution < 1.29 is 34.2 Å². The zero-order chi connectivity index (χ0) is 30.1. The average Bonchev–Trinajstić information content (AvgIpc) is 2.89. The number of hydrogen-bond donors (Lipinski definition) is 6. The van der Waals surface area contributed by atoms with E-state index in [1.165, 1.54) is 12.4 Å². The van der Waals surface area contributed by atoms with Crippen molar-refractivity contribution in [2.45, 2.75) is 70.9 Å². The van der Waals surface area contributed by atoms with Gasteiger partial charge in [-0.15, -0.1) is 0 Å². The maximum absolute atomic E-state index is 13.0. The molecule has 0 unspecified atom stereocenters. The largest absolute Gasteiger partial charge is 0.480 e. The van der Waals surface area contributed by atoms with Crippen LogP contribution in [0.4, 0.5) is 0 Å². The van der Waals surface area contributed by atoms with Gasteiger partial charge in [0.25, 0.3) is 5.91 Å². The van der Waals surface area contributed by atoms with Crippen LogP contribution in [0.25, 0.3) is 0 Å². The summed E-state index contributed by atoms with van der Waals surface area (Å²) in [5.41, 5.74) is 0.227. The topological polar surface area (TPSA) is 203 Å². The molecule has 1 aromatic rings. The van der Waals surface area contributed by atoms with Crippen LogP contribution in [-0.4, -0.2) is 100 Å². The monoisotopic (exact) mass is 565 g/mol. The van der Waals surface area contributed by atoms with Crippen LogP contribution >= 0.6 is 0 Å². The van der Waals surface area contributed by atoms with Crippen LogP contribution in [0.5, 0.6) is 6.01 Å². The molecule has 0 aromatic carbocycles. The molecule has 0 saturated heterocycles. The predicted octanol–water partition coefficient (Wildman–Crippen LogP) is 0.0307. The minimum Gasteiger partial charge on any atom is -0.480 e. The highest BCUT2D eigenvalue weighted by atomic mass is 16.4. The van der Waals surface area contributed by atoms with Crippen LogP contribution in [0, 0.1) is 5.92 Å². The summed E-state index contributed by atoms with van der Waals surface area (Å²) in [5, 5.41) is 28.4. The van der Waals surface area contributed by atoms with Crippen LogP contribution in [0.3, 0.4) is 0 Å². The van der Waals surface area contributed by atoms with Gasteiger partial charge in [-0.05, 0) is 58.7 Å². The molecular formula is C26H43N7O7. The average molecular weight is 566 g/mol. The van der Waals surface area contributed by atoms with Gasteiger partial charge in [0.1, 0.15) is 18.6 Å². The number of carbonyl (C=O) groups is 5. The number of carboxylic acid groups (broad SMARTS) is 1. The summed E-state index contributed by atoms with van der Waals surface area (Å²) in [6.07, 6.45) is 6.24. The first-order valence-corrected chi connectivity index (χ1v) is 13.4. The molecule has 14 heteroatoms. The molecule has 14 nitrogen and oxygen atoms in total. The van der Waals surface area contributed by atoms with E-state index in [-0.39, 0.29) is 29.7 Å². The fourth-order valence-corrected chi connectivity index (χ4v) is 3.70. The minimum atomic E-state index is -1.19. The third-order valence-electron chi connectivity index (χ3n) is 5.93. The molecule has 224 valence electrons. The van der Waals surface area contributed by atoms with Crippen LogP contribution in [0.1, 0.15) is 69.2 Å². The summed E-state index contributed by atoms with van der Waals surface area (Å²) in [6.45, 7) is 4.20. The Morgan fingerprint density at radius 1 is 0.900 bits per heavy atom. The SMILES string of the molecule is CC(C)[C@H](NC(=O)CCCCCNC(=O)c1cnc(O)nc1)C(=O)N[C@@H](CCCCN(C)C)C(=O)NCC(=O)O. The second-order valence-corrected chi connectivity index (χ2v) is 10.1. The number of aliphatic carboxylic acids is 1. The molecule has 40 heavy (non-hydrogen) atoms. The standard InChI is InChI=1S/C26H43N7O7/c1-17(2)22(25(39)31-19(10-7-9-13-33(3)4)24(38)28-16-21(35)36)32-20(34)11-6-5-8-12-27-23(37)18-14-29-26(40)30-15-18/h14-15,17,19,22H,5-13,16H2,1-4H3,(H,27,37)(H,28,38)(H,31,39)(H,32,34)(H,35,36)(H,29,30,40)/t19-,22-/m0/s1. The molecule has 1 rings (SSSR count). The Hall–Kier alpha value is -3.81. The van der Waals surface area contributed by atoms with E-state index < -0.39 is 42.4 Å². The molecule has 0 saturated carbocycles. The fourth-order valence-electron chi connectivity index (χ4n) is 3.70. The summed E-state index contributed by atoms with van der Waals surface area (Å²) < 4.78 is 0.